The van der Waals surface area contributed by atoms with Crippen molar-refractivity contribution in [3.8, 4) is 0 Å². The van der Waals surface area contributed by atoms with Gasteiger partial charge in [-0.1, -0.05) is 13.8 Å². The van der Waals surface area contributed by atoms with Crippen molar-refractivity contribution in [1.29, 1.82) is 0 Å². The third kappa shape index (κ3) is 11.6. The van der Waals surface area contributed by atoms with Crippen molar-refractivity contribution in [1.82, 2.24) is 0 Å². The van der Waals surface area contributed by atoms with Gasteiger partial charge in [-0.2, -0.15) is 35.1 Å². The first kappa shape index (κ1) is 34.3. The summed E-state index contributed by atoms with van der Waals surface area (Å²) in [4.78, 5) is 33.8. The predicted octanol–water partition coefficient (Wildman–Crippen LogP) is 5.15. The molecule has 0 saturated heterocycles. The van der Waals surface area contributed by atoms with Crippen LogP contribution in [0.4, 0.5) is 35.1 Å². The minimum Gasteiger partial charge on any atom is -0.379 e. The second-order valence-electron chi connectivity index (χ2n) is 7.71. The Balaban J connectivity index is 4.72. The molecule has 0 fully saturated rings. The molecule has 0 aliphatic heterocycles. The van der Waals surface area contributed by atoms with Gasteiger partial charge in [0.05, 0.1) is 13.2 Å². The molecule has 0 radical (unpaired) electrons. The van der Waals surface area contributed by atoms with Crippen molar-refractivity contribution in [3.63, 3.8) is 0 Å². The van der Waals surface area contributed by atoms with Crippen LogP contribution in [-0.4, -0.2) is 68.2 Å². The van der Waals surface area contributed by atoms with Gasteiger partial charge in [0.1, 0.15) is 5.78 Å². The van der Waals surface area contributed by atoms with E-state index >= 15 is 0 Å². The zero-order valence-corrected chi connectivity index (χ0v) is 20.0. The van der Waals surface area contributed by atoms with Gasteiger partial charge in [0.25, 0.3) is 0 Å². The maximum Gasteiger partial charge on any atom is 0.453 e. The molecule has 0 aliphatic carbocycles. The highest BCUT2D eigenvalue weighted by molar-refractivity contribution is 5.86. The third-order valence-electron chi connectivity index (χ3n) is 4.70. The maximum absolute atomic E-state index is 13.7. The van der Waals surface area contributed by atoms with Crippen molar-refractivity contribution < 1.29 is 68.5 Å². The van der Waals surface area contributed by atoms with Crippen LogP contribution < -0.4 is 0 Å². The lowest BCUT2D eigenvalue weighted by Gasteiger charge is -2.31. The molecule has 0 rings (SSSR count). The highest BCUT2D eigenvalue weighted by Gasteiger charge is 2.69. The van der Waals surface area contributed by atoms with E-state index in [-0.39, 0.29) is 45.1 Å². The first-order valence-electron chi connectivity index (χ1n) is 11.1. The summed E-state index contributed by atoms with van der Waals surface area (Å²) in [5.41, 5.74) is 0. The first-order chi connectivity index (χ1) is 16.4. The molecule has 36 heavy (non-hydrogen) atoms. The Kier molecular flexibility index (Phi) is 14.2. The summed E-state index contributed by atoms with van der Waals surface area (Å²) in [7, 11) is 0. The van der Waals surface area contributed by atoms with Crippen molar-refractivity contribution in [2.24, 2.45) is 5.92 Å². The van der Waals surface area contributed by atoms with Crippen molar-refractivity contribution in [2.45, 2.75) is 83.7 Å². The van der Waals surface area contributed by atoms with Crippen LogP contribution in [0, 0.1) is 5.92 Å². The summed E-state index contributed by atoms with van der Waals surface area (Å²) in [6.45, 7) is 3.94. The lowest BCUT2D eigenvalue weighted by Crippen LogP contribution is -2.55. The molecule has 0 heterocycles. The van der Waals surface area contributed by atoms with Crippen LogP contribution in [0.25, 0.3) is 0 Å². The Morgan fingerprint density at radius 2 is 1.08 bits per heavy atom. The molecule has 7 nitrogen and oxygen atoms in total. The highest BCUT2D eigenvalue weighted by Crippen LogP contribution is 2.44. The summed E-state index contributed by atoms with van der Waals surface area (Å²) >= 11 is 0. The number of carbonyl (C=O) groups is 3. The van der Waals surface area contributed by atoms with E-state index in [9.17, 15) is 49.5 Å². The number of hydrogen-bond acceptors (Lipinski definition) is 7. The monoisotopic (exact) mass is 546 g/mol. The standard InChI is InChI=1S/C21H30F8O7/c1-4-15(5-2)17(32)19(24,25)36-21(28,29)20(26,27)35-18(22,23)16(31)9-7-11-34-13-12-33-10-6-8-14(3)30/h15H,4-13H2,1-3H3. The fraction of sp³-hybridized carbons (Fsp3) is 0.857. The third-order valence-corrected chi connectivity index (χ3v) is 4.70. The molecule has 15 heteroatoms. The number of hydrogen-bond donors (Lipinski definition) is 0. The van der Waals surface area contributed by atoms with E-state index < -0.39 is 54.8 Å². The largest absolute Gasteiger partial charge is 0.453 e. The molecule has 0 aromatic heterocycles. The topological polar surface area (TPSA) is 88.1 Å². The van der Waals surface area contributed by atoms with Crippen LogP contribution in [-0.2, 0) is 33.3 Å². The number of alkyl halides is 8. The van der Waals surface area contributed by atoms with Crippen LogP contribution in [0.15, 0.2) is 0 Å². The highest BCUT2D eigenvalue weighted by atomic mass is 19.3. The number of carbonyl (C=O) groups excluding carboxylic acids is 3. The number of ether oxygens (including phenoxy) is 4. The fourth-order valence-corrected chi connectivity index (χ4v) is 2.67. The van der Waals surface area contributed by atoms with E-state index in [0.717, 1.165) is 0 Å². The van der Waals surface area contributed by atoms with Crippen molar-refractivity contribution in [2.75, 3.05) is 26.4 Å². The van der Waals surface area contributed by atoms with Gasteiger partial charge < -0.3 is 14.3 Å². The van der Waals surface area contributed by atoms with E-state index in [0.29, 0.717) is 12.8 Å². The Morgan fingerprint density at radius 3 is 1.50 bits per heavy atom. The fourth-order valence-electron chi connectivity index (χ4n) is 2.67. The number of Topliss-reactive ketones (excluding diaryl/α,β-unsaturated/α-hetero) is 3. The molecular weight excluding hydrogens is 516 g/mol. The average Bonchev–Trinajstić information content (AvgIpc) is 2.73. The number of halogens is 8. The van der Waals surface area contributed by atoms with E-state index in [2.05, 4.69) is 9.47 Å². The van der Waals surface area contributed by atoms with Crippen LogP contribution >= 0.6 is 0 Å². The van der Waals surface area contributed by atoms with Gasteiger partial charge in [-0.3, -0.25) is 9.59 Å². The minimum absolute atomic E-state index is 0.0144. The average molecular weight is 546 g/mol. The van der Waals surface area contributed by atoms with Crippen LogP contribution in [0.2, 0.25) is 0 Å². The van der Waals surface area contributed by atoms with E-state index in [4.69, 9.17) is 9.47 Å². The zero-order chi connectivity index (χ0) is 28.2. The molecule has 0 bridgehead atoms. The summed E-state index contributed by atoms with van der Waals surface area (Å²) in [6, 6.07) is 0. The van der Waals surface area contributed by atoms with E-state index in [1.54, 1.807) is 0 Å². The second kappa shape index (κ2) is 14.9. The van der Waals surface area contributed by atoms with Gasteiger partial charge >= 0.3 is 24.4 Å². The Morgan fingerprint density at radius 1 is 0.667 bits per heavy atom. The van der Waals surface area contributed by atoms with Gasteiger partial charge in [-0.15, -0.1) is 0 Å². The Labute approximate surface area is 202 Å². The minimum atomic E-state index is -6.40. The van der Waals surface area contributed by atoms with Gasteiger partial charge in [0, 0.05) is 32.0 Å². The van der Waals surface area contributed by atoms with Crippen LogP contribution in [0.1, 0.15) is 59.3 Å². The quantitative estimate of drug-likeness (QED) is 0.145. The molecule has 212 valence electrons. The molecule has 0 amide bonds. The SMILES string of the molecule is CCC(CC)C(=O)C(F)(F)OC(F)(F)C(F)(F)OC(F)(F)C(=O)CCCOCCOCCCC(C)=O. The van der Waals surface area contributed by atoms with Crippen molar-refractivity contribution >= 4 is 17.3 Å². The number of ketones is 3. The van der Waals surface area contributed by atoms with Crippen LogP contribution in [0.5, 0.6) is 0 Å². The van der Waals surface area contributed by atoms with Gasteiger partial charge in [-0.05, 0) is 32.6 Å². The smallest absolute Gasteiger partial charge is 0.379 e. The first-order valence-corrected chi connectivity index (χ1v) is 11.1. The molecule has 0 aromatic carbocycles. The molecule has 0 unspecified atom stereocenters. The number of rotatable bonds is 21. The zero-order valence-electron chi connectivity index (χ0n) is 20.0. The Hall–Kier alpha value is -1.71. The molecule has 0 atom stereocenters. The summed E-state index contributed by atoms with van der Waals surface area (Å²) in [6.07, 6.45) is -25.0. The van der Waals surface area contributed by atoms with Crippen LogP contribution in [0.3, 0.4) is 0 Å². The van der Waals surface area contributed by atoms with E-state index in [1.165, 1.54) is 20.8 Å². The summed E-state index contributed by atoms with van der Waals surface area (Å²) in [5.74, 6) is -6.12. The molecule has 0 saturated carbocycles. The van der Waals surface area contributed by atoms with E-state index in [1.807, 2.05) is 0 Å². The van der Waals surface area contributed by atoms with Gasteiger partial charge in [0.15, 0.2) is 0 Å². The lowest BCUT2D eigenvalue weighted by atomic mass is 9.97. The second-order valence-corrected chi connectivity index (χ2v) is 7.71. The molecular formula is C21H30F8O7. The summed E-state index contributed by atoms with van der Waals surface area (Å²) in [5, 5.41) is 0. The predicted molar refractivity (Wildman–Crippen MR) is 107 cm³/mol. The summed E-state index contributed by atoms with van der Waals surface area (Å²) < 4.78 is 125. The molecule has 0 aliphatic rings. The normalized spacial score (nSPS) is 13.3. The van der Waals surface area contributed by atoms with Gasteiger partial charge in [0.2, 0.25) is 11.6 Å². The lowest BCUT2D eigenvalue weighted by molar-refractivity contribution is -0.499. The Bertz CT molecular complexity index is 712. The molecule has 0 N–H and O–H groups in total. The maximum atomic E-state index is 13.7. The molecule has 0 spiro atoms. The molecule has 0 aromatic rings. The van der Waals surface area contributed by atoms with Crippen molar-refractivity contribution in [3.05, 3.63) is 0 Å². The van der Waals surface area contributed by atoms with Gasteiger partial charge in [-0.25, -0.2) is 9.47 Å².